The Morgan fingerprint density at radius 2 is 2.06 bits per heavy atom. The van der Waals surface area contributed by atoms with Crippen molar-refractivity contribution in [3.05, 3.63) is 18.1 Å². The van der Waals surface area contributed by atoms with E-state index in [4.69, 9.17) is 4.74 Å². The summed E-state index contributed by atoms with van der Waals surface area (Å²) in [5.74, 6) is 0.616. The maximum absolute atomic E-state index is 5.29. The number of rotatable bonds is 8. The van der Waals surface area contributed by atoms with Crippen LogP contribution in [0.4, 0.5) is 0 Å². The molecule has 0 saturated carbocycles. The fourth-order valence-corrected chi connectivity index (χ4v) is 1.77. The summed E-state index contributed by atoms with van der Waals surface area (Å²) in [5, 5.41) is 3.51. The molecule has 0 aliphatic carbocycles. The van der Waals surface area contributed by atoms with Crippen LogP contribution in [0.1, 0.15) is 31.5 Å². The third kappa shape index (κ3) is 4.58. The van der Waals surface area contributed by atoms with Crippen molar-refractivity contribution in [2.45, 2.75) is 25.8 Å². The highest BCUT2D eigenvalue weighted by molar-refractivity contribution is 5.21. The molecule has 0 spiro atoms. The van der Waals surface area contributed by atoms with Crippen molar-refractivity contribution in [3.8, 4) is 5.88 Å². The minimum Gasteiger partial charge on any atom is -0.480 e. The Hall–Kier alpha value is -1.20. The molecule has 1 aromatic heterocycles. The van der Waals surface area contributed by atoms with E-state index in [0.717, 1.165) is 31.6 Å². The second-order valence-electron chi connectivity index (χ2n) is 4.55. The van der Waals surface area contributed by atoms with Gasteiger partial charge in [0.1, 0.15) is 5.69 Å². The van der Waals surface area contributed by atoms with E-state index in [0.29, 0.717) is 5.88 Å². The van der Waals surface area contributed by atoms with Gasteiger partial charge in [-0.15, -0.1) is 0 Å². The van der Waals surface area contributed by atoms with E-state index in [1.165, 1.54) is 0 Å². The largest absolute Gasteiger partial charge is 0.480 e. The van der Waals surface area contributed by atoms with Gasteiger partial charge < -0.3 is 15.0 Å². The van der Waals surface area contributed by atoms with Crippen molar-refractivity contribution in [2.24, 2.45) is 0 Å². The number of hydrogen-bond acceptors (Lipinski definition) is 5. The molecule has 5 nitrogen and oxygen atoms in total. The molecule has 0 bridgehead atoms. The summed E-state index contributed by atoms with van der Waals surface area (Å²) in [4.78, 5) is 10.8. The van der Waals surface area contributed by atoms with Gasteiger partial charge in [-0.05, 0) is 40.0 Å². The van der Waals surface area contributed by atoms with Crippen LogP contribution >= 0.6 is 0 Å². The normalized spacial score (nSPS) is 12.7. The van der Waals surface area contributed by atoms with Gasteiger partial charge in [0, 0.05) is 12.4 Å². The molecule has 1 aromatic rings. The van der Waals surface area contributed by atoms with Crippen molar-refractivity contribution in [3.63, 3.8) is 0 Å². The van der Waals surface area contributed by atoms with Crippen molar-refractivity contribution >= 4 is 0 Å². The zero-order chi connectivity index (χ0) is 13.4. The van der Waals surface area contributed by atoms with E-state index in [1.54, 1.807) is 19.5 Å². The van der Waals surface area contributed by atoms with Crippen LogP contribution in [-0.2, 0) is 0 Å². The average Bonchev–Trinajstić information content (AvgIpc) is 2.38. The summed E-state index contributed by atoms with van der Waals surface area (Å²) in [7, 11) is 5.78. The van der Waals surface area contributed by atoms with E-state index >= 15 is 0 Å². The second kappa shape index (κ2) is 8.00. The first-order chi connectivity index (χ1) is 8.69. The molecule has 0 saturated heterocycles. The molecule has 5 heteroatoms. The van der Waals surface area contributed by atoms with Crippen molar-refractivity contribution < 1.29 is 4.74 Å². The third-order valence-electron chi connectivity index (χ3n) is 2.72. The number of aromatic nitrogens is 2. The molecule has 0 amide bonds. The van der Waals surface area contributed by atoms with Crippen LogP contribution in [-0.4, -0.2) is 49.2 Å². The highest BCUT2D eigenvalue weighted by atomic mass is 16.5. The van der Waals surface area contributed by atoms with Gasteiger partial charge in [-0.1, -0.05) is 6.92 Å². The van der Waals surface area contributed by atoms with E-state index in [-0.39, 0.29) is 6.04 Å². The van der Waals surface area contributed by atoms with Crippen LogP contribution in [0.5, 0.6) is 5.88 Å². The Kier molecular flexibility index (Phi) is 6.60. The van der Waals surface area contributed by atoms with Crippen LogP contribution in [0.15, 0.2) is 12.4 Å². The SMILES string of the molecule is CCCNC(CCN(C)C)c1nccnc1OC. The molecule has 1 heterocycles. The van der Waals surface area contributed by atoms with Gasteiger partial charge in [-0.2, -0.15) is 0 Å². The van der Waals surface area contributed by atoms with Gasteiger partial charge in [0.15, 0.2) is 0 Å². The van der Waals surface area contributed by atoms with Crippen molar-refractivity contribution in [2.75, 3.05) is 34.3 Å². The van der Waals surface area contributed by atoms with Crippen LogP contribution in [0, 0.1) is 0 Å². The lowest BCUT2D eigenvalue weighted by Gasteiger charge is -2.21. The summed E-state index contributed by atoms with van der Waals surface area (Å²) >= 11 is 0. The van der Waals surface area contributed by atoms with E-state index in [9.17, 15) is 0 Å². The molecule has 0 fully saturated rings. The Balaban J connectivity index is 2.79. The molecule has 1 rings (SSSR count). The van der Waals surface area contributed by atoms with Crippen LogP contribution in [0.25, 0.3) is 0 Å². The number of ether oxygens (including phenoxy) is 1. The predicted molar refractivity (Wildman–Crippen MR) is 72.8 cm³/mol. The Bertz CT molecular complexity index is 344. The molecule has 0 aromatic carbocycles. The van der Waals surface area contributed by atoms with Gasteiger partial charge in [-0.3, -0.25) is 4.98 Å². The van der Waals surface area contributed by atoms with Crippen LogP contribution in [0.3, 0.4) is 0 Å². The van der Waals surface area contributed by atoms with E-state index in [2.05, 4.69) is 41.2 Å². The summed E-state index contributed by atoms with van der Waals surface area (Å²) in [6, 6.07) is 0.191. The Morgan fingerprint density at radius 3 is 2.67 bits per heavy atom. The lowest BCUT2D eigenvalue weighted by molar-refractivity contribution is 0.340. The molecular weight excluding hydrogens is 228 g/mol. The third-order valence-corrected chi connectivity index (χ3v) is 2.72. The molecule has 1 N–H and O–H groups in total. The van der Waals surface area contributed by atoms with Crippen molar-refractivity contribution in [1.29, 1.82) is 0 Å². The number of hydrogen-bond donors (Lipinski definition) is 1. The van der Waals surface area contributed by atoms with Gasteiger partial charge in [0.05, 0.1) is 13.2 Å². The molecule has 1 atom stereocenters. The fraction of sp³-hybridized carbons (Fsp3) is 0.692. The van der Waals surface area contributed by atoms with Crippen LogP contribution < -0.4 is 10.1 Å². The molecule has 0 radical (unpaired) electrons. The number of nitrogens with one attached hydrogen (secondary N) is 1. The first-order valence-corrected chi connectivity index (χ1v) is 6.42. The summed E-state index contributed by atoms with van der Waals surface area (Å²) in [6.45, 7) is 4.13. The smallest absolute Gasteiger partial charge is 0.236 e. The lowest BCUT2D eigenvalue weighted by Crippen LogP contribution is -2.27. The quantitative estimate of drug-likeness (QED) is 0.759. The molecule has 18 heavy (non-hydrogen) atoms. The Morgan fingerprint density at radius 1 is 1.33 bits per heavy atom. The topological polar surface area (TPSA) is 50.3 Å². The summed E-state index contributed by atoms with van der Waals surface area (Å²) < 4.78 is 5.29. The van der Waals surface area contributed by atoms with Gasteiger partial charge in [0.2, 0.25) is 5.88 Å². The zero-order valence-electron chi connectivity index (χ0n) is 11.8. The molecular formula is C13H24N4O. The zero-order valence-corrected chi connectivity index (χ0v) is 11.8. The fourth-order valence-electron chi connectivity index (χ4n) is 1.77. The summed E-state index contributed by atoms with van der Waals surface area (Å²) in [5.41, 5.74) is 0.898. The van der Waals surface area contributed by atoms with E-state index in [1.807, 2.05) is 0 Å². The minimum absolute atomic E-state index is 0.191. The highest BCUT2D eigenvalue weighted by Gasteiger charge is 2.17. The maximum atomic E-state index is 5.29. The maximum Gasteiger partial charge on any atom is 0.236 e. The first kappa shape index (κ1) is 14.9. The molecule has 0 aliphatic rings. The van der Waals surface area contributed by atoms with Gasteiger partial charge >= 0.3 is 0 Å². The predicted octanol–water partition coefficient (Wildman–Crippen LogP) is 1.48. The average molecular weight is 252 g/mol. The van der Waals surface area contributed by atoms with Crippen molar-refractivity contribution in [1.82, 2.24) is 20.2 Å². The monoisotopic (exact) mass is 252 g/mol. The lowest BCUT2D eigenvalue weighted by atomic mass is 10.1. The van der Waals surface area contributed by atoms with Gasteiger partial charge in [-0.25, -0.2) is 4.98 Å². The highest BCUT2D eigenvalue weighted by Crippen LogP contribution is 2.22. The summed E-state index contributed by atoms with van der Waals surface area (Å²) in [6.07, 6.45) is 5.46. The Labute approximate surface area is 110 Å². The number of methoxy groups -OCH3 is 1. The van der Waals surface area contributed by atoms with Gasteiger partial charge in [0.25, 0.3) is 0 Å². The van der Waals surface area contributed by atoms with E-state index < -0.39 is 0 Å². The molecule has 102 valence electrons. The molecule has 0 aliphatic heterocycles. The van der Waals surface area contributed by atoms with Crippen LogP contribution in [0.2, 0.25) is 0 Å². The number of nitrogens with zero attached hydrogens (tertiary/aromatic N) is 3. The molecule has 1 unspecified atom stereocenters. The minimum atomic E-state index is 0.191. The first-order valence-electron chi connectivity index (χ1n) is 6.42. The standard InChI is InChI=1S/C13H24N4O/c1-5-7-14-11(6-10-17(2)3)12-13(18-4)16-9-8-15-12/h8-9,11,14H,5-7,10H2,1-4H3. The second-order valence-corrected chi connectivity index (χ2v) is 4.55.